The third-order valence-corrected chi connectivity index (χ3v) is 4.06. The van der Waals surface area contributed by atoms with Crippen LogP contribution in [0.2, 0.25) is 5.02 Å². The standard InChI is InChI=1S/C16H17ClN4O2/c1-3-21-9-8-14(19-21)18-15(22)16(2)10-13(20-23-16)11-6-4-5-7-12(11)17/h4-9H,3,10H2,1-2H3,(H,18,19,22)/t16-/m0/s1. The number of hydrogen-bond donors (Lipinski definition) is 1. The van der Waals surface area contributed by atoms with E-state index in [1.165, 1.54) is 0 Å². The Balaban J connectivity index is 1.72. The topological polar surface area (TPSA) is 68.5 Å². The van der Waals surface area contributed by atoms with Gasteiger partial charge in [0, 0.05) is 35.8 Å². The first-order valence-electron chi connectivity index (χ1n) is 7.37. The second-order valence-corrected chi connectivity index (χ2v) is 5.93. The molecule has 7 heteroatoms. The van der Waals surface area contributed by atoms with Crippen LogP contribution < -0.4 is 5.32 Å². The molecule has 1 atom stereocenters. The number of halogens is 1. The van der Waals surface area contributed by atoms with Gasteiger partial charge in [0.05, 0.1) is 5.71 Å². The van der Waals surface area contributed by atoms with Crippen LogP contribution in [0.1, 0.15) is 25.8 Å². The molecule has 2 heterocycles. The number of aromatic nitrogens is 2. The van der Waals surface area contributed by atoms with Crippen molar-refractivity contribution in [2.45, 2.75) is 32.4 Å². The maximum Gasteiger partial charge on any atom is 0.272 e. The highest BCUT2D eigenvalue weighted by molar-refractivity contribution is 6.34. The van der Waals surface area contributed by atoms with E-state index < -0.39 is 5.60 Å². The molecule has 1 N–H and O–H groups in total. The summed E-state index contributed by atoms with van der Waals surface area (Å²) in [4.78, 5) is 17.9. The molecule has 0 spiro atoms. The zero-order chi connectivity index (χ0) is 16.4. The van der Waals surface area contributed by atoms with Crippen LogP contribution in [0, 0.1) is 0 Å². The van der Waals surface area contributed by atoms with Crippen LogP contribution in [0.4, 0.5) is 5.82 Å². The smallest absolute Gasteiger partial charge is 0.272 e. The fraction of sp³-hybridized carbons (Fsp3) is 0.312. The van der Waals surface area contributed by atoms with Crippen molar-refractivity contribution in [2.24, 2.45) is 5.16 Å². The molecule has 1 amide bonds. The van der Waals surface area contributed by atoms with Gasteiger partial charge in [-0.05, 0) is 19.9 Å². The quantitative estimate of drug-likeness (QED) is 0.935. The Hall–Kier alpha value is -2.34. The van der Waals surface area contributed by atoms with E-state index in [-0.39, 0.29) is 5.91 Å². The van der Waals surface area contributed by atoms with Crippen molar-refractivity contribution in [3.8, 4) is 0 Å². The van der Waals surface area contributed by atoms with Crippen molar-refractivity contribution < 1.29 is 9.63 Å². The average Bonchev–Trinajstić information content (AvgIpc) is 3.15. The summed E-state index contributed by atoms with van der Waals surface area (Å²) >= 11 is 6.18. The molecule has 0 unspecified atom stereocenters. The second-order valence-electron chi connectivity index (χ2n) is 5.53. The van der Waals surface area contributed by atoms with Crippen molar-refractivity contribution >= 4 is 29.0 Å². The van der Waals surface area contributed by atoms with E-state index in [1.807, 2.05) is 25.1 Å². The molecule has 0 saturated carbocycles. The average molecular weight is 333 g/mol. The van der Waals surface area contributed by atoms with Gasteiger partial charge >= 0.3 is 0 Å². The van der Waals surface area contributed by atoms with Gasteiger partial charge in [0.15, 0.2) is 5.82 Å². The molecular weight excluding hydrogens is 316 g/mol. The van der Waals surface area contributed by atoms with E-state index in [1.54, 1.807) is 29.9 Å². The summed E-state index contributed by atoms with van der Waals surface area (Å²) in [6.07, 6.45) is 2.15. The van der Waals surface area contributed by atoms with Crippen LogP contribution in [0.5, 0.6) is 0 Å². The van der Waals surface area contributed by atoms with E-state index in [4.69, 9.17) is 16.4 Å². The van der Waals surface area contributed by atoms with Crippen LogP contribution in [-0.2, 0) is 16.2 Å². The Morgan fingerprint density at radius 1 is 1.43 bits per heavy atom. The van der Waals surface area contributed by atoms with Gasteiger partial charge in [0.1, 0.15) is 0 Å². The number of amides is 1. The molecule has 1 aliphatic rings. The number of aryl methyl sites for hydroxylation is 1. The molecule has 1 aromatic carbocycles. The highest BCUT2D eigenvalue weighted by Crippen LogP contribution is 2.30. The SMILES string of the molecule is CCn1ccc(NC(=O)[C@]2(C)CC(c3ccccc3Cl)=NO2)n1. The summed E-state index contributed by atoms with van der Waals surface area (Å²) in [6, 6.07) is 9.11. The first-order chi connectivity index (χ1) is 11.0. The Morgan fingerprint density at radius 3 is 2.91 bits per heavy atom. The highest BCUT2D eigenvalue weighted by Gasteiger charge is 2.42. The zero-order valence-electron chi connectivity index (χ0n) is 12.9. The van der Waals surface area contributed by atoms with Crippen molar-refractivity contribution in [1.82, 2.24) is 9.78 Å². The van der Waals surface area contributed by atoms with Gasteiger partial charge in [-0.25, -0.2) is 0 Å². The molecule has 120 valence electrons. The third kappa shape index (κ3) is 3.07. The van der Waals surface area contributed by atoms with Crippen molar-refractivity contribution in [2.75, 3.05) is 5.32 Å². The first kappa shape index (κ1) is 15.6. The number of carbonyl (C=O) groups is 1. The summed E-state index contributed by atoms with van der Waals surface area (Å²) in [5.41, 5.74) is 0.359. The third-order valence-electron chi connectivity index (χ3n) is 3.73. The number of hydrogen-bond acceptors (Lipinski definition) is 4. The predicted octanol–water partition coefficient (Wildman–Crippen LogP) is 3.08. The van der Waals surface area contributed by atoms with Crippen LogP contribution in [0.3, 0.4) is 0 Å². The Bertz CT molecular complexity index is 771. The Labute approximate surface area is 139 Å². The minimum absolute atomic E-state index is 0.287. The first-order valence-corrected chi connectivity index (χ1v) is 7.74. The molecule has 0 radical (unpaired) electrons. The summed E-state index contributed by atoms with van der Waals surface area (Å²) in [6.45, 7) is 4.42. The summed E-state index contributed by atoms with van der Waals surface area (Å²) in [7, 11) is 0. The normalized spacial score (nSPS) is 20.0. The van der Waals surface area contributed by atoms with E-state index >= 15 is 0 Å². The minimum atomic E-state index is -1.08. The van der Waals surface area contributed by atoms with Crippen LogP contribution in [-0.4, -0.2) is 27.0 Å². The van der Waals surface area contributed by atoms with Gasteiger partial charge in [0.2, 0.25) is 5.60 Å². The van der Waals surface area contributed by atoms with Gasteiger partial charge in [-0.3, -0.25) is 9.48 Å². The summed E-state index contributed by atoms with van der Waals surface area (Å²) in [5.74, 6) is 0.206. The highest BCUT2D eigenvalue weighted by atomic mass is 35.5. The van der Waals surface area contributed by atoms with Gasteiger partial charge in [0.25, 0.3) is 5.91 Å². The van der Waals surface area contributed by atoms with Crippen molar-refractivity contribution in [3.63, 3.8) is 0 Å². The maximum absolute atomic E-state index is 12.5. The molecule has 1 aromatic heterocycles. The van der Waals surface area contributed by atoms with Gasteiger partial charge in [-0.2, -0.15) is 5.10 Å². The maximum atomic E-state index is 12.5. The van der Waals surface area contributed by atoms with Crippen LogP contribution >= 0.6 is 11.6 Å². The van der Waals surface area contributed by atoms with E-state index in [2.05, 4.69) is 15.6 Å². The number of rotatable bonds is 4. The molecule has 6 nitrogen and oxygen atoms in total. The monoisotopic (exact) mass is 332 g/mol. The van der Waals surface area contributed by atoms with E-state index in [0.717, 1.165) is 12.1 Å². The lowest BCUT2D eigenvalue weighted by Crippen LogP contribution is -2.40. The summed E-state index contributed by atoms with van der Waals surface area (Å²) < 4.78 is 1.74. The van der Waals surface area contributed by atoms with Gasteiger partial charge < -0.3 is 10.2 Å². The predicted molar refractivity (Wildman–Crippen MR) is 88.6 cm³/mol. The molecule has 0 bridgehead atoms. The molecule has 0 aliphatic carbocycles. The fourth-order valence-electron chi connectivity index (χ4n) is 2.35. The van der Waals surface area contributed by atoms with Gasteiger partial charge in [-0.15, -0.1) is 0 Å². The minimum Gasteiger partial charge on any atom is -0.379 e. The second kappa shape index (κ2) is 6.04. The number of benzene rings is 1. The zero-order valence-corrected chi connectivity index (χ0v) is 13.7. The van der Waals surface area contributed by atoms with E-state index in [0.29, 0.717) is 23.0 Å². The molecule has 0 saturated heterocycles. The molecule has 0 fully saturated rings. The fourth-order valence-corrected chi connectivity index (χ4v) is 2.60. The summed E-state index contributed by atoms with van der Waals surface area (Å²) in [5, 5.41) is 11.6. The number of anilines is 1. The number of nitrogens with one attached hydrogen (secondary N) is 1. The van der Waals surface area contributed by atoms with Crippen molar-refractivity contribution in [3.05, 3.63) is 47.1 Å². The Kier molecular flexibility index (Phi) is 4.09. The largest absolute Gasteiger partial charge is 0.379 e. The number of carbonyl (C=O) groups excluding carboxylic acids is 1. The van der Waals surface area contributed by atoms with Crippen molar-refractivity contribution in [1.29, 1.82) is 0 Å². The molecular formula is C16H17ClN4O2. The lowest BCUT2D eigenvalue weighted by Gasteiger charge is -2.19. The van der Waals surface area contributed by atoms with E-state index in [9.17, 15) is 4.79 Å². The molecule has 1 aliphatic heterocycles. The molecule has 3 rings (SSSR count). The lowest BCUT2D eigenvalue weighted by molar-refractivity contribution is -0.135. The lowest BCUT2D eigenvalue weighted by atomic mass is 9.95. The number of oxime groups is 1. The molecule has 23 heavy (non-hydrogen) atoms. The van der Waals surface area contributed by atoms with Crippen LogP contribution in [0.25, 0.3) is 0 Å². The van der Waals surface area contributed by atoms with Gasteiger partial charge in [-0.1, -0.05) is 35.0 Å². The Morgan fingerprint density at radius 2 is 2.22 bits per heavy atom. The number of nitrogens with zero attached hydrogens (tertiary/aromatic N) is 3. The van der Waals surface area contributed by atoms with Crippen LogP contribution in [0.15, 0.2) is 41.7 Å². The molecule has 2 aromatic rings.